The minimum absolute atomic E-state index is 0.0758. The Bertz CT molecular complexity index is 966. The normalized spacial score (nSPS) is 12.5. The van der Waals surface area contributed by atoms with Crippen molar-refractivity contribution in [1.82, 2.24) is 0 Å². The Balaban J connectivity index is 4.28. The minimum atomic E-state index is -0.548. The molecular formula is C53H96O5. The van der Waals surface area contributed by atoms with E-state index in [9.17, 15) is 9.59 Å². The second-order valence-electron chi connectivity index (χ2n) is 16.7. The SMILES string of the molecule is CC/C=C\C/C=C\C/C=C\CCCCCCOCC(COC(=O)CCCCCCCCCCCCCCCCC)OC(=O)CCCCCCC/C=C\CCCCCC. The van der Waals surface area contributed by atoms with E-state index < -0.39 is 6.10 Å². The summed E-state index contributed by atoms with van der Waals surface area (Å²) >= 11 is 0. The fourth-order valence-corrected chi connectivity index (χ4v) is 7.11. The van der Waals surface area contributed by atoms with E-state index in [0.29, 0.717) is 19.4 Å². The van der Waals surface area contributed by atoms with Crippen molar-refractivity contribution in [3.63, 3.8) is 0 Å². The number of allylic oxidation sites excluding steroid dienone is 8. The lowest BCUT2D eigenvalue weighted by atomic mass is 10.0. The largest absolute Gasteiger partial charge is 0.462 e. The van der Waals surface area contributed by atoms with Gasteiger partial charge in [0.25, 0.3) is 0 Å². The van der Waals surface area contributed by atoms with Crippen LogP contribution in [0, 0.1) is 0 Å². The van der Waals surface area contributed by atoms with Gasteiger partial charge in [-0.15, -0.1) is 0 Å². The molecule has 0 aliphatic carbocycles. The zero-order valence-electron chi connectivity index (χ0n) is 38.8. The highest BCUT2D eigenvalue weighted by Gasteiger charge is 2.17. The lowest BCUT2D eigenvalue weighted by Gasteiger charge is -2.18. The van der Waals surface area contributed by atoms with Crippen LogP contribution in [0.25, 0.3) is 0 Å². The van der Waals surface area contributed by atoms with Crippen molar-refractivity contribution in [2.24, 2.45) is 0 Å². The third-order valence-electron chi connectivity index (χ3n) is 10.8. The van der Waals surface area contributed by atoms with Crippen LogP contribution in [-0.2, 0) is 23.8 Å². The van der Waals surface area contributed by atoms with Gasteiger partial charge in [0, 0.05) is 19.4 Å². The molecule has 0 heterocycles. The molecule has 0 saturated heterocycles. The number of carbonyl (C=O) groups is 2. The van der Waals surface area contributed by atoms with E-state index >= 15 is 0 Å². The number of ether oxygens (including phenoxy) is 3. The van der Waals surface area contributed by atoms with Gasteiger partial charge in [-0.25, -0.2) is 0 Å². The molecule has 0 radical (unpaired) electrons. The molecule has 0 aliphatic heterocycles. The number of unbranched alkanes of at least 4 members (excludes halogenated alkanes) is 27. The van der Waals surface area contributed by atoms with Crippen LogP contribution in [0.5, 0.6) is 0 Å². The first-order valence-corrected chi connectivity index (χ1v) is 25.2. The fraction of sp³-hybridized carbons (Fsp3) is 0.811. The Labute approximate surface area is 361 Å². The average molecular weight is 813 g/mol. The van der Waals surface area contributed by atoms with Crippen LogP contribution in [0.1, 0.15) is 252 Å². The maximum absolute atomic E-state index is 12.8. The van der Waals surface area contributed by atoms with E-state index in [2.05, 4.69) is 69.4 Å². The number of esters is 2. The monoisotopic (exact) mass is 813 g/mol. The van der Waals surface area contributed by atoms with E-state index in [4.69, 9.17) is 14.2 Å². The smallest absolute Gasteiger partial charge is 0.306 e. The van der Waals surface area contributed by atoms with Crippen LogP contribution < -0.4 is 0 Å². The molecule has 0 saturated carbocycles. The molecular weight excluding hydrogens is 717 g/mol. The van der Waals surface area contributed by atoms with E-state index in [1.54, 1.807) is 0 Å². The van der Waals surface area contributed by atoms with Gasteiger partial charge in [-0.05, 0) is 77.0 Å². The summed E-state index contributed by atoms with van der Waals surface area (Å²) in [6, 6.07) is 0. The van der Waals surface area contributed by atoms with Gasteiger partial charge in [-0.2, -0.15) is 0 Å². The predicted octanol–water partition coefficient (Wildman–Crippen LogP) is 16.8. The van der Waals surface area contributed by atoms with Gasteiger partial charge in [-0.1, -0.05) is 211 Å². The fourth-order valence-electron chi connectivity index (χ4n) is 7.11. The summed E-state index contributed by atoms with van der Waals surface area (Å²) in [6.07, 6.45) is 59.7. The van der Waals surface area contributed by atoms with Gasteiger partial charge in [-0.3, -0.25) is 9.59 Å². The predicted molar refractivity (Wildman–Crippen MR) is 251 cm³/mol. The molecule has 0 aromatic carbocycles. The van der Waals surface area contributed by atoms with Crippen molar-refractivity contribution in [3.8, 4) is 0 Å². The molecule has 0 bridgehead atoms. The zero-order valence-corrected chi connectivity index (χ0v) is 38.8. The molecule has 5 nitrogen and oxygen atoms in total. The number of carbonyl (C=O) groups excluding carboxylic acids is 2. The van der Waals surface area contributed by atoms with E-state index in [0.717, 1.165) is 77.0 Å². The van der Waals surface area contributed by atoms with E-state index in [-0.39, 0.29) is 25.2 Å². The van der Waals surface area contributed by atoms with E-state index in [1.165, 1.54) is 141 Å². The first kappa shape index (κ1) is 55.9. The zero-order chi connectivity index (χ0) is 42.1. The summed E-state index contributed by atoms with van der Waals surface area (Å²) in [5, 5.41) is 0. The minimum Gasteiger partial charge on any atom is -0.462 e. The molecule has 1 unspecified atom stereocenters. The average Bonchev–Trinajstić information content (AvgIpc) is 3.22. The first-order valence-electron chi connectivity index (χ1n) is 25.2. The van der Waals surface area contributed by atoms with Crippen LogP contribution in [-0.4, -0.2) is 37.9 Å². The van der Waals surface area contributed by atoms with Gasteiger partial charge in [0.15, 0.2) is 6.10 Å². The quantitative estimate of drug-likeness (QED) is 0.0348. The summed E-state index contributed by atoms with van der Waals surface area (Å²) in [7, 11) is 0. The number of hydrogen-bond acceptors (Lipinski definition) is 5. The van der Waals surface area contributed by atoms with Gasteiger partial charge in [0.05, 0.1) is 6.61 Å². The standard InChI is InChI=1S/C53H96O5/c1-4-7-10-13-16-19-22-25-27-29-31-34-37-40-43-46-52(54)57-50-51(49-56-48-45-42-39-36-33-30-26-23-20-17-14-11-8-5-2)58-53(55)47-44-41-38-35-32-28-24-21-18-15-12-9-6-3/h8,11,17,20-21,24,26,30,51H,4-7,9-10,12-16,18-19,22-23,25,27-29,31-50H2,1-3H3/b11-8-,20-17-,24-21-,30-26-. The van der Waals surface area contributed by atoms with Gasteiger partial charge < -0.3 is 14.2 Å². The van der Waals surface area contributed by atoms with Crippen molar-refractivity contribution in [1.29, 1.82) is 0 Å². The number of hydrogen-bond donors (Lipinski definition) is 0. The molecule has 0 rings (SSSR count). The van der Waals surface area contributed by atoms with Crippen molar-refractivity contribution in [3.05, 3.63) is 48.6 Å². The highest BCUT2D eigenvalue weighted by Crippen LogP contribution is 2.15. The Morgan fingerprint density at radius 1 is 0.397 bits per heavy atom. The maximum atomic E-state index is 12.8. The van der Waals surface area contributed by atoms with Crippen molar-refractivity contribution in [2.45, 2.75) is 258 Å². The molecule has 0 fully saturated rings. The van der Waals surface area contributed by atoms with Crippen LogP contribution in [0.15, 0.2) is 48.6 Å². The molecule has 0 N–H and O–H groups in total. The van der Waals surface area contributed by atoms with Gasteiger partial charge in [0.1, 0.15) is 6.61 Å². The molecule has 0 aliphatic rings. The Hall–Kier alpha value is -2.14. The molecule has 0 amide bonds. The lowest BCUT2D eigenvalue weighted by molar-refractivity contribution is -0.163. The topological polar surface area (TPSA) is 61.8 Å². The lowest BCUT2D eigenvalue weighted by Crippen LogP contribution is -2.30. The van der Waals surface area contributed by atoms with Crippen LogP contribution in [0.4, 0.5) is 0 Å². The molecule has 0 aromatic rings. The maximum Gasteiger partial charge on any atom is 0.306 e. The Morgan fingerprint density at radius 3 is 1.28 bits per heavy atom. The summed E-state index contributed by atoms with van der Waals surface area (Å²) in [4.78, 5) is 25.3. The highest BCUT2D eigenvalue weighted by molar-refractivity contribution is 5.70. The van der Waals surface area contributed by atoms with Crippen molar-refractivity contribution >= 4 is 11.9 Å². The molecule has 58 heavy (non-hydrogen) atoms. The summed E-state index contributed by atoms with van der Waals surface area (Å²) < 4.78 is 17.4. The molecule has 338 valence electrons. The molecule has 0 aromatic heterocycles. The highest BCUT2D eigenvalue weighted by atomic mass is 16.6. The van der Waals surface area contributed by atoms with Crippen LogP contribution in [0.2, 0.25) is 0 Å². The van der Waals surface area contributed by atoms with E-state index in [1.807, 2.05) is 0 Å². The van der Waals surface area contributed by atoms with Gasteiger partial charge in [0.2, 0.25) is 0 Å². The second kappa shape index (κ2) is 49.2. The Kier molecular flexibility index (Phi) is 47.4. The van der Waals surface area contributed by atoms with Crippen LogP contribution in [0.3, 0.4) is 0 Å². The first-order chi connectivity index (χ1) is 28.6. The summed E-state index contributed by atoms with van der Waals surface area (Å²) in [5.41, 5.74) is 0. The third kappa shape index (κ3) is 46.5. The van der Waals surface area contributed by atoms with Crippen molar-refractivity contribution < 1.29 is 23.8 Å². The van der Waals surface area contributed by atoms with Crippen molar-refractivity contribution in [2.75, 3.05) is 19.8 Å². The molecule has 5 heteroatoms. The second-order valence-corrected chi connectivity index (χ2v) is 16.7. The van der Waals surface area contributed by atoms with Gasteiger partial charge >= 0.3 is 11.9 Å². The summed E-state index contributed by atoms with van der Waals surface area (Å²) in [6.45, 7) is 7.67. The molecule has 0 spiro atoms. The van der Waals surface area contributed by atoms with Crippen LogP contribution >= 0.6 is 0 Å². The number of rotatable bonds is 46. The summed E-state index contributed by atoms with van der Waals surface area (Å²) in [5.74, 6) is -0.411. The Morgan fingerprint density at radius 2 is 0.776 bits per heavy atom. The molecule has 1 atom stereocenters. The third-order valence-corrected chi connectivity index (χ3v) is 10.8.